The van der Waals surface area contributed by atoms with Gasteiger partial charge in [-0.1, -0.05) is 104 Å². The molecule has 0 saturated carbocycles. The smallest absolute Gasteiger partial charge is 0.544 e. The molecule has 0 aromatic carbocycles. The number of aliphatic carboxylic acids is 2. The summed E-state index contributed by atoms with van der Waals surface area (Å²) in [4.78, 5) is 20.8. The number of carboxylic acid groups (broad SMARTS) is 2. The zero-order valence-electron chi connectivity index (χ0n) is 26.8. The van der Waals surface area contributed by atoms with Crippen LogP contribution in [0.1, 0.15) is 117 Å². The van der Waals surface area contributed by atoms with Gasteiger partial charge < -0.3 is 98.2 Å². The molecule has 0 radical (unpaired) electrons. The van der Waals surface area contributed by atoms with Crippen molar-refractivity contribution in [2.24, 2.45) is 0 Å². The average molecular weight is 814 g/mol. The minimum atomic E-state index is -3.92. The molecular weight excluding hydrogens is 754 g/mol. The number of aliphatic hydroxyl groups is 10. The second kappa shape index (κ2) is 32.1. The van der Waals surface area contributed by atoms with E-state index >= 15 is 0 Å². The van der Waals surface area contributed by atoms with E-state index in [4.69, 9.17) is 20.4 Å². The van der Waals surface area contributed by atoms with E-state index in [0.717, 1.165) is 77.0 Å². The fraction of sp³-hybridized carbons (Fsp3) is 0.923. The Hall–Kier alpha value is -0.0886. The molecule has 0 fully saturated rings. The summed E-state index contributed by atoms with van der Waals surface area (Å²) >= 11 is 0. The molecule has 0 aliphatic heterocycles. The third kappa shape index (κ3) is 22.5. The molecule has 0 bridgehead atoms. The maximum atomic E-state index is 10.4. The van der Waals surface area contributed by atoms with Gasteiger partial charge in [0.1, 0.15) is 24.1 Å². The molecule has 20 heteroatoms. The molecule has 0 aromatic rings. The molecule has 0 spiro atoms. The molecular formula is C26H60BaO19. The van der Waals surface area contributed by atoms with Crippen molar-refractivity contribution in [3.8, 4) is 0 Å². The fourth-order valence-electron chi connectivity index (χ4n) is 3.76. The van der Waals surface area contributed by atoms with Gasteiger partial charge in [-0.15, -0.1) is 0 Å². The first-order valence-corrected chi connectivity index (χ1v) is 13.9. The standard InChI is InChI=1S/2C13H26O7.Ba.5H2O/c2*1-2-3-4-5-6-7-8-9-10(14)12(17,18)13(19,20)11(15)16;;;;;;/h2*10,14,17-20H,2-9H2,1H3,(H,15,16);;5*1H2/q;;+2;;;;;/p-2. The number of hydrogen-bond donors (Lipinski definition) is 10. The third-order valence-electron chi connectivity index (χ3n) is 6.69. The Morgan fingerprint density at radius 1 is 0.478 bits per heavy atom. The van der Waals surface area contributed by atoms with Crippen LogP contribution in [0.25, 0.3) is 0 Å². The van der Waals surface area contributed by atoms with Crippen LogP contribution in [-0.2, 0) is 9.59 Å². The molecule has 0 rings (SSSR count). The zero-order chi connectivity index (χ0) is 31.6. The van der Waals surface area contributed by atoms with Crippen molar-refractivity contribution < 1.29 is 98.2 Å². The number of unbranched alkanes of at least 4 members (excludes halogenated alkanes) is 12. The van der Waals surface area contributed by atoms with Crippen molar-refractivity contribution in [2.75, 3.05) is 0 Å². The Kier molecular flexibility index (Phi) is 45.0. The first kappa shape index (κ1) is 64.4. The zero-order valence-corrected chi connectivity index (χ0v) is 31.2. The Bertz CT molecular complexity index is 649. The van der Waals surface area contributed by atoms with Crippen LogP contribution in [0.3, 0.4) is 0 Å². The second-order valence-electron chi connectivity index (χ2n) is 10.2. The van der Waals surface area contributed by atoms with Crippen molar-refractivity contribution in [3.63, 3.8) is 0 Å². The number of carboxylic acids is 2. The molecule has 20 N–H and O–H groups in total. The van der Waals surface area contributed by atoms with Gasteiger partial charge in [0.2, 0.25) is 0 Å². The van der Waals surface area contributed by atoms with E-state index in [-0.39, 0.29) is 89.1 Å². The van der Waals surface area contributed by atoms with Gasteiger partial charge in [-0.2, -0.15) is 0 Å². The number of carbonyl (C=O) groups excluding carboxylic acids is 2. The normalized spacial score (nSPS) is 12.4. The van der Waals surface area contributed by atoms with Gasteiger partial charge >= 0.3 is 48.9 Å². The monoisotopic (exact) mass is 814 g/mol. The largest absolute Gasteiger partial charge is 2.00 e. The van der Waals surface area contributed by atoms with Crippen molar-refractivity contribution in [1.82, 2.24) is 0 Å². The van der Waals surface area contributed by atoms with Gasteiger partial charge in [-0.05, 0) is 12.8 Å². The molecule has 0 aliphatic carbocycles. The molecule has 0 amide bonds. The van der Waals surface area contributed by atoms with E-state index in [1.807, 2.05) is 0 Å². The van der Waals surface area contributed by atoms with Crippen LogP contribution in [0, 0.1) is 0 Å². The van der Waals surface area contributed by atoms with Crippen LogP contribution in [0.4, 0.5) is 0 Å². The molecule has 2 unspecified atom stereocenters. The molecule has 2 atom stereocenters. The summed E-state index contributed by atoms with van der Waals surface area (Å²) in [5.41, 5.74) is 0. The molecule has 0 aromatic heterocycles. The van der Waals surface area contributed by atoms with Gasteiger partial charge in [0.25, 0.3) is 23.1 Å². The molecule has 46 heavy (non-hydrogen) atoms. The quantitative estimate of drug-likeness (QED) is 0.0276. The summed E-state index contributed by atoms with van der Waals surface area (Å²) in [6.07, 6.45) is 8.71. The predicted molar refractivity (Wildman–Crippen MR) is 160 cm³/mol. The molecule has 280 valence electrons. The number of aliphatic hydroxyl groups excluding tert-OH is 2. The third-order valence-corrected chi connectivity index (χ3v) is 6.69. The summed E-state index contributed by atoms with van der Waals surface area (Å²) in [5, 5.41) is 113. The summed E-state index contributed by atoms with van der Waals surface area (Å²) < 4.78 is 0. The van der Waals surface area contributed by atoms with E-state index < -0.39 is 47.3 Å². The van der Waals surface area contributed by atoms with Crippen LogP contribution < -0.4 is 10.2 Å². The van der Waals surface area contributed by atoms with E-state index in [9.17, 15) is 50.4 Å². The molecule has 19 nitrogen and oxygen atoms in total. The van der Waals surface area contributed by atoms with Crippen molar-refractivity contribution in [1.29, 1.82) is 0 Å². The van der Waals surface area contributed by atoms with E-state index in [1.54, 1.807) is 0 Å². The summed E-state index contributed by atoms with van der Waals surface area (Å²) in [6, 6.07) is 0. The van der Waals surface area contributed by atoms with Gasteiger partial charge in [0.05, 0.1) is 0 Å². The van der Waals surface area contributed by atoms with Crippen molar-refractivity contribution in [2.45, 2.75) is 152 Å². The van der Waals surface area contributed by atoms with E-state index in [1.165, 1.54) is 0 Å². The topological polar surface area (TPSA) is 440 Å². The maximum Gasteiger partial charge on any atom is 2.00 e. The van der Waals surface area contributed by atoms with Gasteiger partial charge in [0.15, 0.2) is 0 Å². The van der Waals surface area contributed by atoms with Crippen LogP contribution in [0.15, 0.2) is 0 Å². The minimum absolute atomic E-state index is 0. The first-order valence-electron chi connectivity index (χ1n) is 13.9. The van der Waals surface area contributed by atoms with Gasteiger partial charge in [-0.25, -0.2) is 0 Å². The number of hydrogen-bond acceptors (Lipinski definition) is 14. The van der Waals surface area contributed by atoms with Gasteiger partial charge in [0, 0.05) is 0 Å². The first-order chi connectivity index (χ1) is 18.3. The van der Waals surface area contributed by atoms with E-state index in [0.29, 0.717) is 12.8 Å². The summed E-state index contributed by atoms with van der Waals surface area (Å²) in [7, 11) is 0. The van der Waals surface area contributed by atoms with Gasteiger partial charge in [-0.3, -0.25) is 0 Å². The second-order valence-corrected chi connectivity index (χ2v) is 10.2. The molecule has 0 heterocycles. The van der Waals surface area contributed by atoms with Crippen molar-refractivity contribution >= 4 is 60.8 Å². The van der Waals surface area contributed by atoms with Crippen LogP contribution >= 0.6 is 0 Å². The Morgan fingerprint density at radius 3 is 0.870 bits per heavy atom. The number of carbonyl (C=O) groups is 2. The van der Waals surface area contributed by atoms with Crippen LogP contribution in [0.2, 0.25) is 0 Å². The summed E-state index contributed by atoms with van der Waals surface area (Å²) in [5.74, 6) is -20.0. The molecule has 0 saturated heterocycles. The Labute approximate surface area is 309 Å². The Balaban J connectivity index is -0.0000000926. The fourth-order valence-corrected chi connectivity index (χ4v) is 3.76. The van der Waals surface area contributed by atoms with E-state index in [2.05, 4.69) is 13.8 Å². The van der Waals surface area contributed by atoms with Crippen LogP contribution in [-0.4, -0.2) is 175 Å². The summed E-state index contributed by atoms with van der Waals surface area (Å²) in [6.45, 7) is 4.21. The molecule has 0 aliphatic rings. The SMILES string of the molecule is CCCCCCCCCC(O)C(O)(O)C(O)(O)C(=O)[O-].CCCCCCCCCC(O)C(O)(O)C(O)(O)C(=O)[O-].O.O.O.O.O.[Ba+2]. The Morgan fingerprint density at radius 2 is 0.674 bits per heavy atom. The van der Waals surface area contributed by atoms with Crippen molar-refractivity contribution in [3.05, 3.63) is 0 Å². The van der Waals surface area contributed by atoms with Crippen LogP contribution in [0.5, 0.6) is 0 Å². The number of rotatable bonds is 22. The average Bonchev–Trinajstić information content (AvgIpc) is 2.87. The predicted octanol–water partition coefficient (Wildman–Crippen LogP) is -7.30. The minimum Gasteiger partial charge on any atom is -0.544 e. The maximum absolute atomic E-state index is 10.4.